The van der Waals surface area contributed by atoms with E-state index in [-0.39, 0.29) is 24.1 Å². The summed E-state index contributed by atoms with van der Waals surface area (Å²) in [6, 6.07) is 3.70. The normalized spacial score (nSPS) is 10.6. The number of nitrogens with zero attached hydrogens (tertiary/aromatic N) is 5. The molecule has 26 heavy (non-hydrogen) atoms. The van der Waals surface area contributed by atoms with Gasteiger partial charge in [-0.1, -0.05) is 11.8 Å². The Morgan fingerprint density at radius 2 is 2.04 bits per heavy atom. The first-order valence-electron chi connectivity index (χ1n) is 7.96. The van der Waals surface area contributed by atoms with Gasteiger partial charge in [0.1, 0.15) is 0 Å². The molecule has 0 aliphatic rings. The molecule has 0 atom stereocenters. The van der Waals surface area contributed by atoms with Crippen LogP contribution in [0, 0.1) is 0 Å². The number of likely N-dealkylation sites (N-methyl/N-ethyl adjacent to an activating group) is 2. The van der Waals surface area contributed by atoms with E-state index >= 15 is 0 Å². The molecule has 0 aromatic carbocycles. The molecule has 2 heterocycles. The monoisotopic (exact) mass is 378 g/mol. The number of amides is 2. The van der Waals surface area contributed by atoms with E-state index < -0.39 is 0 Å². The average Bonchev–Trinajstić information content (AvgIpc) is 3.07. The van der Waals surface area contributed by atoms with Crippen LogP contribution in [-0.2, 0) is 20.9 Å². The molecular weight excluding hydrogens is 356 g/mol. The molecule has 0 radical (unpaired) electrons. The van der Waals surface area contributed by atoms with Gasteiger partial charge in [-0.3, -0.25) is 19.1 Å². The molecular formula is C16H22N6O3S. The van der Waals surface area contributed by atoms with Crippen LogP contribution in [0.2, 0.25) is 0 Å². The second-order valence-corrected chi connectivity index (χ2v) is 6.34. The third kappa shape index (κ3) is 5.27. The van der Waals surface area contributed by atoms with Crippen LogP contribution in [0.15, 0.2) is 29.7 Å². The van der Waals surface area contributed by atoms with E-state index in [9.17, 15) is 9.59 Å². The van der Waals surface area contributed by atoms with Crippen molar-refractivity contribution in [2.45, 2.75) is 11.7 Å². The van der Waals surface area contributed by atoms with E-state index in [4.69, 9.17) is 4.74 Å². The number of methoxy groups -OCH3 is 1. The summed E-state index contributed by atoms with van der Waals surface area (Å²) in [5.74, 6) is 0.479. The summed E-state index contributed by atoms with van der Waals surface area (Å²) >= 11 is 1.28. The third-order valence-corrected chi connectivity index (χ3v) is 4.54. The quantitative estimate of drug-likeness (QED) is 0.625. The van der Waals surface area contributed by atoms with Gasteiger partial charge >= 0.3 is 0 Å². The molecule has 2 aromatic heterocycles. The zero-order valence-corrected chi connectivity index (χ0v) is 15.8. The SMILES string of the molecule is CNC(=O)CN(C)C(=O)CSc1nnc(-c2ccncc2)n1CCOC. The maximum Gasteiger partial charge on any atom is 0.239 e. The number of thioether (sulfide) groups is 1. The second kappa shape index (κ2) is 9.88. The number of hydrogen-bond donors (Lipinski definition) is 1. The highest BCUT2D eigenvalue weighted by atomic mass is 32.2. The van der Waals surface area contributed by atoms with Crippen LogP contribution in [0.25, 0.3) is 11.4 Å². The van der Waals surface area contributed by atoms with Gasteiger partial charge in [-0.2, -0.15) is 0 Å². The van der Waals surface area contributed by atoms with E-state index in [2.05, 4.69) is 20.5 Å². The Bertz CT molecular complexity index is 737. The molecule has 1 N–H and O–H groups in total. The maximum absolute atomic E-state index is 12.2. The number of nitrogens with one attached hydrogen (secondary N) is 1. The van der Waals surface area contributed by atoms with Gasteiger partial charge < -0.3 is 15.0 Å². The van der Waals surface area contributed by atoms with Crippen molar-refractivity contribution in [3.63, 3.8) is 0 Å². The molecule has 10 heteroatoms. The molecule has 0 saturated heterocycles. The van der Waals surface area contributed by atoms with Crippen LogP contribution in [0.4, 0.5) is 0 Å². The van der Waals surface area contributed by atoms with Crippen molar-refractivity contribution in [2.75, 3.05) is 40.1 Å². The number of pyridine rings is 1. The average molecular weight is 378 g/mol. The smallest absolute Gasteiger partial charge is 0.239 e. The summed E-state index contributed by atoms with van der Waals surface area (Å²) in [7, 11) is 4.75. The van der Waals surface area contributed by atoms with E-state index in [1.54, 1.807) is 26.6 Å². The van der Waals surface area contributed by atoms with E-state index in [1.165, 1.54) is 23.7 Å². The Hall–Kier alpha value is -2.46. The Labute approximate surface area is 156 Å². The van der Waals surface area contributed by atoms with Crippen LogP contribution in [0.3, 0.4) is 0 Å². The number of carbonyl (C=O) groups is 2. The number of hydrogen-bond acceptors (Lipinski definition) is 7. The fraction of sp³-hybridized carbons (Fsp3) is 0.438. The van der Waals surface area contributed by atoms with Gasteiger partial charge in [-0.25, -0.2) is 0 Å². The van der Waals surface area contributed by atoms with Crippen molar-refractivity contribution in [1.29, 1.82) is 0 Å². The van der Waals surface area contributed by atoms with Gasteiger partial charge in [0.2, 0.25) is 11.8 Å². The van der Waals surface area contributed by atoms with E-state index in [0.717, 1.165) is 5.56 Å². The van der Waals surface area contributed by atoms with Crippen molar-refractivity contribution in [3.8, 4) is 11.4 Å². The van der Waals surface area contributed by atoms with Crippen LogP contribution >= 0.6 is 11.8 Å². The zero-order chi connectivity index (χ0) is 18.9. The molecule has 2 rings (SSSR count). The minimum Gasteiger partial charge on any atom is -0.383 e. The van der Waals surface area contributed by atoms with E-state index in [1.807, 2.05) is 16.7 Å². The highest BCUT2D eigenvalue weighted by Gasteiger charge is 2.17. The molecule has 0 fully saturated rings. The molecule has 0 saturated carbocycles. The topological polar surface area (TPSA) is 102 Å². The molecule has 0 aliphatic heterocycles. The van der Waals surface area contributed by atoms with Crippen molar-refractivity contribution in [1.82, 2.24) is 30.0 Å². The summed E-state index contributed by atoms with van der Waals surface area (Å²) in [6.45, 7) is 1.08. The molecule has 0 aliphatic carbocycles. The zero-order valence-electron chi connectivity index (χ0n) is 15.0. The lowest BCUT2D eigenvalue weighted by Gasteiger charge is -2.16. The predicted octanol–water partition coefficient (Wildman–Crippen LogP) is 0.283. The third-order valence-electron chi connectivity index (χ3n) is 3.58. The lowest BCUT2D eigenvalue weighted by Crippen LogP contribution is -2.37. The lowest BCUT2D eigenvalue weighted by atomic mass is 10.2. The minimum atomic E-state index is -0.214. The molecule has 0 bridgehead atoms. The summed E-state index contributed by atoms with van der Waals surface area (Å²) < 4.78 is 7.08. The lowest BCUT2D eigenvalue weighted by molar-refractivity contribution is -0.132. The molecule has 2 aromatic rings. The van der Waals surface area contributed by atoms with Gasteiger partial charge in [0, 0.05) is 39.2 Å². The summed E-state index contributed by atoms with van der Waals surface area (Å²) in [6.07, 6.45) is 3.38. The van der Waals surface area contributed by atoms with Gasteiger partial charge in [-0.15, -0.1) is 10.2 Å². The minimum absolute atomic E-state index is 0.0223. The van der Waals surface area contributed by atoms with Crippen LogP contribution in [0.5, 0.6) is 0 Å². The van der Waals surface area contributed by atoms with Crippen molar-refractivity contribution in [3.05, 3.63) is 24.5 Å². The predicted molar refractivity (Wildman–Crippen MR) is 97.6 cm³/mol. The van der Waals surface area contributed by atoms with Gasteiger partial charge in [0.15, 0.2) is 11.0 Å². The van der Waals surface area contributed by atoms with Crippen LogP contribution in [-0.4, -0.2) is 76.6 Å². The van der Waals surface area contributed by atoms with Gasteiger partial charge in [0.05, 0.1) is 25.4 Å². The maximum atomic E-state index is 12.2. The van der Waals surface area contributed by atoms with Crippen LogP contribution < -0.4 is 5.32 Å². The highest BCUT2D eigenvalue weighted by molar-refractivity contribution is 7.99. The fourth-order valence-electron chi connectivity index (χ4n) is 2.11. The van der Waals surface area contributed by atoms with Crippen LogP contribution in [0.1, 0.15) is 0 Å². The van der Waals surface area contributed by atoms with E-state index in [0.29, 0.717) is 24.1 Å². The number of rotatable bonds is 9. The van der Waals surface area contributed by atoms with Gasteiger partial charge in [0.25, 0.3) is 0 Å². The first-order chi connectivity index (χ1) is 12.6. The Morgan fingerprint density at radius 1 is 1.31 bits per heavy atom. The van der Waals surface area contributed by atoms with Crippen molar-refractivity contribution in [2.24, 2.45) is 0 Å². The Kier molecular flexibility index (Phi) is 7.54. The molecule has 140 valence electrons. The first-order valence-corrected chi connectivity index (χ1v) is 8.95. The number of ether oxygens (including phenoxy) is 1. The fourth-order valence-corrected chi connectivity index (χ4v) is 3.02. The number of carbonyl (C=O) groups excluding carboxylic acids is 2. The molecule has 2 amide bonds. The number of aromatic nitrogens is 4. The summed E-state index contributed by atoms with van der Waals surface area (Å²) in [5.41, 5.74) is 0.888. The van der Waals surface area contributed by atoms with Crippen molar-refractivity contribution < 1.29 is 14.3 Å². The molecule has 9 nitrogen and oxygen atoms in total. The Balaban J connectivity index is 2.10. The Morgan fingerprint density at radius 3 is 2.69 bits per heavy atom. The highest BCUT2D eigenvalue weighted by Crippen LogP contribution is 2.23. The summed E-state index contributed by atoms with van der Waals surface area (Å²) in [4.78, 5) is 29.0. The first kappa shape index (κ1) is 19.9. The standard InChI is InChI=1S/C16H22N6O3S/c1-17-13(23)10-21(2)14(24)11-26-16-20-19-15(22(16)8-9-25-3)12-4-6-18-7-5-12/h4-7H,8-11H2,1-3H3,(H,17,23). The largest absolute Gasteiger partial charge is 0.383 e. The summed E-state index contributed by atoms with van der Waals surface area (Å²) in [5, 5.41) is 11.6. The van der Waals surface area contributed by atoms with Gasteiger partial charge in [-0.05, 0) is 12.1 Å². The molecule has 0 spiro atoms. The molecule has 0 unspecified atom stereocenters. The second-order valence-electron chi connectivity index (χ2n) is 5.40. The van der Waals surface area contributed by atoms with Crippen molar-refractivity contribution >= 4 is 23.6 Å².